The summed E-state index contributed by atoms with van der Waals surface area (Å²) in [4.78, 5) is 14.0. The Balaban J connectivity index is 1.17. The largest absolute Gasteiger partial charge is 0.481 e. The van der Waals surface area contributed by atoms with Gasteiger partial charge in [-0.3, -0.25) is 4.79 Å². The Morgan fingerprint density at radius 2 is 1.67 bits per heavy atom. The van der Waals surface area contributed by atoms with Crippen molar-refractivity contribution in [2.45, 2.75) is 50.7 Å². The first-order chi connectivity index (χ1) is 16.1. The molecule has 176 valence electrons. The zero-order valence-corrected chi connectivity index (χ0v) is 19.4. The summed E-state index contributed by atoms with van der Waals surface area (Å²) in [6, 6.07) is 21.7. The number of benzene rings is 2. The maximum absolute atomic E-state index is 11.6. The molecule has 1 heterocycles. The van der Waals surface area contributed by atoms with Crippen molar-refractivity contribution < 1.29 is 14.6 Å². The van der Waals surface area contributed by atoms with Crippen molar-refractivity contribution in [3.05, 3.63) is 71.8 Å². The molecule has 5 heteroatoms. The Labute approximate surface area is 197 Å². The maximum Gasteiger partial charge on any atom is 0.310 e. The molecule has 0 bridgehead atoms. The molecule has 3 aliphatic rings. The van der Waals surface area contributed by atoms with Crippen LogP contribution < -0.4 is 5.32 Å². The van der Waals surface area contributed by atoms with Crippen LogP contribution in [0.15, 0.2) is 60.7 Å². The van der Waals surface area contributed by atoms with Crippen molar-refractivity contribution in [1.82, 2.24) is 10.2 Å². The second kappa shape index (κ2) is 9.57. The Kier molecular flexibility index (Phi) is 6.55. The topological polar surface area (TPSA) is 61.8 Å². The van der Waals surface area contributed by atoms with Crippen molar-refractivity contribution in [3.63, 3.8) is 0 Å². The first-order valence-corrected chi connectivity index (χ1v) is 12.4. The third-order valence-corrected chi connectivity index (χ3v) is 8.03. The molecular formula is C28H36N2O3. The van der Waals surface area contributed by atoms with Crippen molar-refractivity contribution in [3.8, 4) is 0 Å². The van der Waals surface area contributed by atoms with E-state index in [1.807, 2.05) is 6.07 Å². The van der Waals surface area contributed by atoms with Gasteiger partial charge in [0.15, 0.2) is 0 Å². The molecule has 2 aliphatic carbocycles. The molecule has 3 fully saturated rings. The maximum atomic E-state index is 11.6. The summed E-state index contributed by atoms with van der Waals surface area (Å²) in [6.07, 6.45) is 4.96. The number of nitrogens with zero attached hydrogens (tertiary/aromatic N) is 1. The van der Waals surface area contributed by atoms with E-state index >= 15 is 0 Å². The van der Waals surface area contributed by atoms with Gasteiger partial charge in [-0.05, 0) is 56.3 Å². The fourth-order valence-corrected chi connectivity index (χ4v) is 5.37. The molecule has 2 aromatic carbocycles. The number of likely N-dealkylation sites (tertiary alicyclic amines) is 1. The van der Waals surface area contributed by atoms with Crippen LogP contribution in [0.1, 0.15) is 49.1 Å². The van der Waals surface area contributed by atoms with Crippen molar-refractivity contribution in [2.24, 2.45) is 10.8 Å². The predicted molar refractivity (Wildman–Crippen MR) is 129 cm³/mol. The first-order valence-electron chi connectivity index (χ1n) is 12.4. The minimum atomic E-state index is -0.618. The average molecular weight is 449 g/mol. The van der Waals surface area contributed by atoms with Crippen LogP contribution in [-0.2, 0) is 16.1 Å². The van der Waals surface area contributed by atoms with E-state index < -0.39 is 11.4 Å². The first kappa shape index (κ1) is 22.6. The fourth-order valence-electron chi connectivity index (χ4n) is 5.37. The number of hydrogen-bond acceptors (Lipinski definition) is 4. The van der Waals surface area contributed by atoms with Crippen LogP contribution in [0.5, 0.6) is 0 Å². The van der Waals surface area contributed by atoms with Crippen LogP contribution in [-0.4, -0.2) is 54.8 Å². The predicted octanol–water partition coefficient (Wildman–Crippen LogP) is 4.30. The summed E-state index contributed by atoms with van der Waals surface area (Å²) in [5, 5.41) is 13.4. The molecule has 1 saturated heterocycles. The van der Waals surface area contributed by atoms with Gasteiger partial charge in [0.05, 0.1) is 18.6 Å². The average Bonchev–Trinajstić information content (AvgIpc) is 3.77. The van der Waals surface area contributed by atoms with E-state index in [1.165, 1.54) is 17.5 Å². The van der Waals surface area contributed by atoms with Gasteiger partial charge in [0.1, 0.15) is 0 Å². The van der Waals surface area contributed by atoms with E-state index in [1.54, 1.807) is 0 Å². The van der Waals surface area contributed by atoms with Crippen molar-refractivity contribution in [1.29, 1.82) is 0 Å². The highest BCUT2D eigenvalue weighted by molar-refractivity contribution is 5.78. The molecule has 33 heavy (non-hydrogen) atoms. The highest BCUT2D eigenvalue weighted by Gasteiger charge is 2.52. The van der Waals surface area contributed by atoms with Crippen molar-refractivity contribution >= 4 is 5.97 Å². The van der Waals surface area contributed by atoms with Crippen LogP contribution >= 0.6 is 0 Å². The monoisotopic (exact) mass is 448 g/mol. The summed E-state index contributed by atoms with van der Waals surface area (Å²) in [6.45, 7) is 4.97. The van der Waals surface area contributed by atoms with Gasteiger partial charge in [-0.15, -0.1) is 0 Å². The van der Waals surface area contributed by atoms with E-state index in [9.17, 15) is 9.90 Å². The van der Waals surface area contributed by atoms with Crippen molar-refractivity contribution in [2.75, 3.05) is 32.8 Å². The van der Waals surface area contributed by atoms with Crippen LogP contribution in [0.3, 0.4) is 0 Å². The summed E-state index contributed by atoms with van der Waals surface area (Å²) in [7, 11) is 0. The Hall–Kier alpha value is -2.21. The molecule has 2 saturated carbocycles. The van der Waals surface area contributed by atoms with Crippen LogP contribution in [0, 0.1) is 10.8 Å². The lowest BCUT2D eigenvalue weighted by atomic mass is 9.78. The van der Waals surface area contributed by atoms with E-state index in [0.717, 1.165) is 51.9 Å². The molecule has 2 atom stereocenters. The third kappa shape index (κ3) is 5.48. The fraction of sp³-hybridized carbons (Fsp3) is 0.536. The van der Waals surface area contributed by atoms with Gasteiger partial charge in [-0.25, -0.2) is 0 Å². The lowest BCUT2D eigenvalue weighted by Gasteiger charge is -2.42. The number of hydrogen-bond donors (Lipinski definition) is 2. The second-order valence-electron chi connectivity index (χ2n) is 10.6. The number of carboxylic acid groups (broad SMARTS) is 1. The molecule has 2 aromatic rings. The Bertz CT molecular complexity index is 921. The molecule has 1 aliphatic heterocycles. The summed E-state index contributed by atoms with van der Waals surface area (Å²) in [5.74, 6) is 0.00625. The second-order valence-corrected chi connectivity index (χ2v) is 10.6. The summed E-state index contributed by atoms with van der Waals surface area (Å²) in [5.41, 5.74) is 2.28. The minimum absolute atomic E-state index is 0.106. The van der Waals surface area contributed by atoms with Gasteiger partial charge >= 0.3 is 5.97 Å². The lowest BCUT2D eigenvalue weighted by Crippen LogP contribution is -2.49. The molecule has 5 nitrogen and oxygen atoms in total. The van der Waals surface area contributed by atoms with Crippen LogP contribution in [0.2, 0.25) is 0 Å². The number of piperidine rings is 1. The lowest BCUT2D eigenvalue weighted by molar-refractivity contribution is -0.144. The van der Waals surface area contributed by atoms with E-state index in [-0.39, 0.29) is 5.41 Å². The number of aliphatic carboxylic acids is 1. The van der Waals surface area contributed by atoms with Gasteiger partial charge in [0.25, 0.3) is 0 Å². The van der Waals surface area contributed by atoms with Gasteiger partial charge in [0, 0.05) is 30.5 Å². The minimum Gasteiger partial charge on any atom is -0.481 e. The van der Waals surface area contributed by atoms with E-state index in [4.69, 9.17) is 4.74 Å². The van der Waals surface area contributed by atoms with Crippen LogP contribution in [0.4, 0.5) is 0 Å². The van der Waals surface area contributed by atoms with Gasteiger partial charge in [-0.2, -0.15) is 0 Å². The number of nitrogens with one attached hydrogen (secondary N) is 1. The van der Waals surface area contributed by atoms with Gasteiger partial charge < -0.3 is 20.1 Å². The molecule has 0 aromatic heterocycles. The molecule has 5 rings (SSSR count). The molecule has 0 amide bonds. The Morgan fingerprint density at radius 3 is 2.30 bits per heavy atom. The van der Waals surface area contributed by atoms with Gasteiger partial charge in [0.2, 0.25) is 0 Å². The molecule has 0 spiro atoms. The molecular weight excluding hydrogens is 412 g/mol. The SMILES string of the molecule is O=C(O)C1(CN2CCC(CN[C@@H]3C[C@H]3c3ccccc3)(COCc3ccccc3)CC2)CC1. The summed E-state index contributed by atoms with van der Waals surface area (Å²) < 4.78 is 6.26. The number of rotatable bonds is 11. The zero-order valence-electron chi connectivity index (χ0n) is 19.4. The number of ether oxygens (including phenoxy) is 1. The summed E-state index contributed by atoms with van der Waals surface area (Å²) >= 11 is 0. The highest BCUT2D eigenvalue weighted by Crippen LogP contribution is 2.47. The van der Waals surface area contributed by atoms with Gasteiger partial charge in [-0.1, -0.05) is 60.7 Å². The number of carboxylic acids is 1. The smallest absolute Gasteiger partial charge is 0.310 e. The molecule has 0 unspecified atom stereocenters. The van der Waals surface area contributed by atoms with E-state index in [0.29, 0.717) is 25.1 Å². The quantitative estimate of drug-likeness (QED) is 0.537. The van der Waals surface area contributed by atoms with Crippen LogP contribution in [0.25, 0.3) is 0 Å². The third-order valence-electron chi connectivity index (χ3n) is 8.03. The molecule has 0 radical (unpaired) electrons. The zero-order chi connectivity index (χ0) is 22.7. The normalized spacial score (nSPS) is 25.5. The molecule has 2 N–H and O–H groups in total. The highest BCUT2D eigenvalue weighted by atomic mass is 16.5. The Morgan fingerprint density at radius 1 is 1.00 bits per heavy atom. The standard InChI is InChI=1S/C28H36N2O3/c31-26(32)28(11-12-28)20-30-15-13-27(14-16-30,21-33-18-22-7-3-1-4-8-22)19-29-25-17-24(25)23-9-5-2-6-10-23/h1-10,24-25,29H,11-21H2,(H,31,32)/t24-,25+/m0/s1. The van der Waals surface area contributed by atoms with E-state index in [2.05, 4.69) is 64.8 Å². The number of carbonyl (C=O) groups is 1.